The zero-order valence-electron chi connectivity index (χ0n) is 31.0. The second-order valence-electron chi connectivity index (χ2n) is 14.8. The molecule has 0 spiro atoms. The van der Waals surface area contributed by atoms with E-state index < -0.39 is 76.5 Å². The standard InChI is InChI=1S/C44H37F3N2O8/c1-43-34(40(52)49(42(43)54)26-7-5-4-6-8-26)23-32-30(38(43)33-22-29(15-19-35(33)50)57-44(45,46)47)17-18-31-37(32)41(53)48(39(31)51)27-13-10-24(11-14-27)9-12-25-21-28(55-2)16-20-36(25)56-3/h4-17,19-22,31-32,34,37-38,50H,18,23H2,1-3H3. The Kier molecular flexibility index (Phi) is 9.21. The van der Waals surface area contributed by atoms with Crippen molar-refractivity contribution >= 4 is 47.2 Å². The van der Waals surface area contributed by atoms with Gasteiger partial charge >= 0.3 is 6.36 Å². The Hall–Kier alpha value is -6.37. The van der Waals surface area contributed by atoms with Crippen LogP contribution in [0.4, 0.5) is 24.5 Å². The average molecular weight is 779 g/mol. The van der Waals surface area contributed by atoms with Gasteiger partial charge in [0.2, 0.25) is 23.6 Å². The SMILES string of the molecule is COc1ccc(OC)c(C=Cc2ccc(N3C(=O)C4CC=C5C(CC6C(=O)N(c7ccccc7)C(=O)C6(C)C5c5cc(OC(F)(F)F)ccc5O)C4C3=O)cc2)c1. The highest BCUT2D eigenvalue weighted by Crippen LogP contribution is 2.64. The number of methoxy groups -OCH3 is 2. The minimum absolute atomic E-state index is 0.0255. The van der Waals surface area contributed by atoms with Crippen LogP contribution in [-0.4, -0.2) is 49.3 Å². The van der Waals surface area contributed by atoms with Gasteiger partial charge in [-0.1, -0.05) is 54.1 Å². The third-order valence-electron chi connectivity index (χ3n) is 11.9. The van der Waals surface area contributed by atoms with Crippen LogP contribution in [0.1, 0.15) is 42.4 Å². The van der Waals surface area contributed by atoms with E-state index in [0.717, 1.165) is 39.1 Å². The molecular weight excluding hydrogens is 741 g/mol. The van der Waals surface area contributed by atoms with Gasteiger partial charge in [0.25, 0.3) is 0 Å². The lowest BCUT2D eigenvalue weighted by atomic mass is 9.51. The number of amides is 4. The number of rotatable bonds is 8. The van der Waals surface area contributed by atoms with Crippen LogP contribution in [0.15, 0.2) is 103 Å². The first-order valence-electron chi connectivity index (χ1n) is 18.3. The molecule has 4 aliphatic rings. The van der Waals surface area contributed by atoms with E-state index in [1.165, 1.54) is 0 Å². The molecule has 1 N–H and O–H groups in total. The average Bonchev–Trinajstić information content (AvgIpc) is 3.57. The van der Waals surface area contributed by atoms with Crippen molar-refractivity contribution < 1.29 is 51.7 Å². The van der Waals surface area contributed by atoms with Crippen LogP contribution in [0.5, 0.6) is 23.0 Å². The van der Waals surface area contributed by atoms with Crippen LogP contribution >= 0.6 is 0 Å². The highest BCUT2D eigenvalue weighted by molar-refractivity contribution is 6.25. The van der Waals surface area contributed by atoms with Crippen LogP contribution in [0.3, 0.4) is 0 Å². The van der Waals surface area contributed by atoms with Gasteiger partial charge in [0.15, 0.2) is 0 Å². The Labute approximate surface area is 325 Å². The van der Waals surface area contributed by atoms with Gasteiger partial charge in [0, 0.05) is 17.0 Å². The maximum atomic E-state index is 14.6. The Bertz CT molecular complexity index is 2360. The number of aromatic hydroxyl groups is 1. The number of halogens is 3. The maximum Gasteiger partial charge on any atom is 0.573 e. The molecule has 13 heteroatoms. The third-order valence-corrected chi connectivity index (χ3v) is 11.9. The van der Waals surface area contributed by atoms with Gasteiger partial charge in [0.1, 0.15) is 23.0 Å². The number of hydrogen-bond acceptors (Lipinski definition) is 8. The summed E-state index contributed by atoms with van der Waals surface area (Å²) < 4.78 is 55.3. The Balaban J connectivity index is 1.16. The van der Waals surface area contributed by atoms with E-state index in [1.54, 1.807) is 93.9 Å². The molecule has 0 radical (unpaired) electrons. The normalized spacial score (nSPS) is 25.6. The molecule has 2 aliphatic heterocycles. The molecule has 6 atom stereocenters. The summed E-state index contributed by atoms with van der Waals surface area (Å²) in [7, 11) is 3.14. The number of para-hydroxylation sites is 1. The van der Waals surface area contributed by atoms with Crippen molar-refractivity contribution in [3.8, 4) is 23.0 Å². The number of hydrogen-bond donors (Lipinski definition) is 1. The number of phenols is 1. The summed E-state index contributed by atoms with van der Waals surface area (Å²) in [4.78, 5) is 59.9. The van der Waals surface area contributed by atoms with E-state index in [9.17, 15) is 37.5 Å². The van der Waals surface area contributed by atoms with Gasteiger partial charge in [-0.3, -0.25) is 24.1 Å². The number of fused-ring (bicyclic) bond motifs is 4. The predicted octanol–water partition coefficient (Wildman–Crippen LogP) is 7.91. The first-order chi connectivity index (χ1) is 27.2. The molecule has 10 nitrogen and oxygen atoms in total. The lowest BCUT2D eigenvalue weighted by Gasteiger charge is -2.49. The van der Waals surface area contributed by atoms with Crippen molar-refractivity contribution in [2.24, 2.45) is 29.1 Å². The molecule has 3 fully saturated rings. The monoisotopic (exact) mass is 778 g/mol. The molecule has 2 saturated heterocycles. The highest BCUT2D eigenvalue weighted by atomic mass is 19.4. The summed E-state index contributed by atoms with van der Waals surface area (Å²) >= 11 is 0. The van der Waals surface area contributed by atoms with Gasteiger partial charge in [-0.2, -0.15) is 0 Å². The minimum atomic E-state index is -5.05. The van der Waals surface area contributed by atoms with Crippen molar-refractivity contribution in [1.82, 2.24) is 0 Å². The highest BCUT2D eigenvalue weighted by Gasteiger charge is 2.68. The topological polar surface area (TPSA) is 123 Å². The number of carbonyl (C=O) groups excluding carboxylic acids is 4. The fraction of sp³-hybridized carbons (Fsp3) is 0.273. The lowest BCUT2D eigenvalue weighted by molar-refractivity contribution is -0.274. The maximum absolute atomic E-state index is 14.6. The minimum Gasteiger partial charge on any atom is -0.508 e. The lowest BCUT2D eigenvalue weighted by Crippen LogP contribution is -2.49. The zero-order valence-corrected chi connectivity index (χ0v) is 31.0. The molecule has 57 heavy (non-hydrogen) atoms. The van der Waals surface area contributed by atoms with E-state index in [2.05, 4.69) is 4.74 Å². The molecule has 0 aromatic heterocycles. The van der Waals surface area contributed by atoms with E-state index >= 15 is 0 Å². The van der Waals surface area contributed by atoms with Crippen LogP contribution in [-0.2, 0) is 19.2 Å². The Morgan fingerprint density at radius 1 is 0.772 bits per heavy atom. The summed E-state index contributed by atoms with van der Waals surface area (Å²) in [6.45, 7) is 1.58. The summed E-state index contributed by atoms with van der Waals surface area (Å²) in [5, 5.41) is 11.3. The number of phenolic OH excluding ortho intramolecular Hbond substituents is 1. The molecule has 4 aromatic rings. The number of alkyl halides is 3. The largest absolute Gasteiger partial charge is 0.573 e. The van der Waals surface area contributed by atoms with Crippen molar-refractivity contribution in [2.75, 3.05) is 24.0 Å². The van der Waals surface area contributed by atoms with Gasteiger partial charge in [-0.15, -0.1) is 13.2 Å². The molecular formula is C44H37F3N2O8. The van der Waals surface area contributed by atoms with Gasteiger partial charge in [-0.25, -0.2) is 4.90 Å². The van der Waals surface area contributed by atoms with Crippen LogP contribution in [0, 0.1) is 29.1 Å². The van der Waals surface area contributed by atoms with Crippen molar-refractivity contribution in [3.05, 3.63) is 119 Å². The van der Waals surface area contributed by atoms with Crippen molar-refractivity contribution in [1.29, 1.82) is 0 Å². The third kappa shape index (κ3) is 6.21. The van der Waals surface area contributed by atoms with E-state index in [1.807, 2.05) is 18.2 Å². The molecule has 4 amide bonds. The van der Waals surface area contributed by atoms with Gasteiger partial charge in [0.05, 0.1) is 48.8 Å². The Morgan fingerprint density at radius 3 is 2.16 bits per heavy atom. The molecule has 1 saturated carbocycles. The van der Waals surface area contributed by atoms with Crippen LogP contribution in [0.25, 0.3) is 12.2 Å². The second kappa shape index (κ2) is 14.0. The summed E-state index contributed by atoms with van der Waals surface area (Å²) in [5.41, 5.74) is 1.09. The number of benzene rings is 4. The van der Waals surface area contributed by atoms with Crippen molar-refractivity contribution in [3.63, 3.8) is 0 Å². The van der Waals surface area contributed by atoms with E-state index in [4.69, 9.17) is 9.47 Å². The van der Waals surface area contributed by atoms with E-state index in [-0.39, 0.29) is 18.4 Å². The summed E-state index contributed by atoms with van der Waals surface area (Å²) in [6.07, 6.45) is 0.544. The Morgan fingerprint density at radius 2 is 1.47 bits per heavy atom. The molecule has 2 aliphatic carbocycles. The number of ether oxygens (including phenoxy) is 3. The fourth-order valence-corrected chi connectivity index (χ4v) is 9.29. The second-order valence-corrected chi connectivity index (χ2v) is 14.8. The summed E-state index contributed by atoms with van der Waals surface area (Å²) in [5.74, 6) is -6.44. The first kappa shape index (κ1) is 37.5. The van der Waals surface area contributed by atoms with Crippen LogP contribution < -0.4 is 24.0 Å². The quantitative estimate of drug-likeness (QED) is 0.109. The molecule has 2 heterocycles. The van der Waals surface area contributed by atoms with Gasteiger partial charge < -0.3 is 19.3 Å². The number of imide groups is 2. The molecule has 8 rings (SSSR count). The fourth-order valence-electron chi connectivity index (χ4n) is 9.29. The predicted molar refractivity (Wildman–Crippen MR) is 203 cm³/mol. The zero-order chi connectivity index (χ0) is 40.4. The molecule has 4 aromatic carbocycles. The number of allylic oxidation sites excluding steroid dienone is 2. The smallest absolute Gasteiger partial charge is 0.508 e. The number of nitrogens with zero attached hydrogens (tertiary/aromatic N) is 2. The summed E-state index contributed by atoms with van der Waals surface area (Å²) in [6, 6.07) is 23.6. The molecule has 6 unspecified atom stereocenters. The number of carbonyl (C=O) groups is 4. The van der Waals surface area contributed by atoms with Crippen molar-refractivity contribution in [2.45, 2.75) is 32.0 Å². The van der Waals surface area contributed by atoms with E-state index in [0.29, 0.717) is 28.4 Å². The first-order valence-corrected chi connectivity index (χ1v) is 18.3. The molecule has 292 valence electrons. The van der Waals surface area contributed by atoms with Gasteiger partial charge in [-0.05, 0) is 91.9 Å². The van der Waals surface area contributed by atoms with Crippen LogP contribution in [0.2, 0.25) is 0 Å². The number of anilines is 2. The molecule has 0 bridgehead atoms.